The normalized spacial score (nSPS) is 26.2. The Balaban J connectivity index is 0.00000133. The van der Waals surface area contributed by atoms with E-state index >= 15 is 0 Å². The molecule has 1 aromatic rings. The van der Waals surface area contributed by atoms with Crippen molar-refractivity contribution in [1.82, 2.24) is 5.32 Å². The molecule has 1 saturated carbocycles. The summed E-state index contributed by atoms with van der Waals surface area (Å²) in [6, 6.07) is 3.76. The number of halogens is 1. The zero-order valence-corrected chi connectivity index (χ0v) is 12.4. The number of benzene rings is 1. The van der Waals surface area contributed by atoms with E-state index in [1.54, 1.807) is 6.07 Å². The number of aromatic hydroxyl groups is 2. The molecule has 0 aromatic heterocycles. The molecule has 1 fully saturated rings. The van der Waals surface area contributed by atoms with E-state index in [4.69, 9.17) is 0 Å². The van der Waals surface area contributed by atoms with Crippen molar-refractivity contribution in [2.45, 2.75) is 50.3 Å². The number of hydrogen-bond acceptors (Lipinski definition) is 4. The van der Waals surface area contributed by atoms with E-state index in [1.165, 1.54) is 25.3 Å². The molecule has 0 spiro atoms. The number of nitrogens with one attached hydrogen (secondary N) is 1. The minimum Gasteiger partial charge on any atom is -0.504 e. The average molecular weight is 330 g/mol. The van der Waals surface area contributed by atoms with Crippen LogP contribution in [0.5, 0.6) is 11.5 Å². The van der Waals surface area contributed by atoms with Gasteiger partial charge >= 0.3 is 0 Å². The van der Waals surface area contributed by atoms with Crippen LogP contribution in [-0.2, 0) is 6.42 Å². The van der Waals surface area contributed by atoms with Crippen LogP contribution in [0.1, 0.15) is 42.9 Å². The predicted molar refractivity (Wildman–Crippen MR) is 77.9 cm³/mol. The maximum absolute atomic E-state index is 10.3. The highest BCUT2D eigenvalue weighted by atomic mass is 79.9. The van der Waals surface area contributed by atoms with E-state index in [9.17, 15) is 15.3 Å². The first-order valence-corrected chi connectivity index (χ1v) is 6.64. The summed E-state index contributed by atoms with van der Waals surface area (Å²) in [7, 11) is 0. The highest BCUT2D eigenvalue weighted by Gasteiger charge is 2.32. The van der Waals surface area contributed by atoms with Crippen LogP contribution in [0, 0.1) is 0 Å². The van der Waals surface area contributed by atoms with Gasteiger partial charge in [0.1, 0.15) is 0 Å². The van der Waals surface area contributed by atoms with Crippen molar-refractivity contribution in [3.8, 4) is 11.5 Å². The highest BCUT2D eigenvalue weighted by molar-refractivity contribution is 8.93. The van der Waals surface area contributed by atoms with Gasteiger partial charge in [-0.3, -0.25) is 0 Å². The summed E-state index contributed by atoms with van der Waals surface area (Å²) < 4.78 is 0. The number of aliphatic hydroxyl groups excluding tert-OH is 1. The Kier molecular flexibility index (Phi) is 4.38. The van der Waals surface area contributed by atoms with Gasteiger partial charge in [0, 0.05) is 17.6 Å². The van der Waals surface area contributed by atoms with Crippen LogP contribution in [0.25, 0.3) is 0 Å². The summed E-state index contributed by atoms with van der Waals surface area (Å²) in [5.41, 5.74) is 1.43. The highest BCUT2D eigenvalue weighted by Crippen LogP contribution is 2.40. The third-order valence-electron chi connectivity index (χ3n) is 4.26. The van der Waals surface area contributed by atoms with Gasteiger partial charge in [-0.05, 0) is 37.3 Å². The second-order valence-corrected chi connectivity index (χ2v) is 5.39. The third kappa shape index (κ3) is 2.59. The molecular formula is C14H20BrNO3. The Morgan fingerprint density at radius 3 is 2.47 bits per heavy atom. The Labute approximate surface area is 123 Å². The Morgan fingerprint density at radius 1 is 1.11 bits per heavy atom. The monoisotopic (exact) mass is 329 g/mol. The maximum Gasteiger partial charge on any atom is 0.161 e. The van der Waals surface area contributed by atoms with Crippen LogP contribution in [0.4, 0.5) is 0 Å². The number of phenols is 2. The standard InChI is InChI=1S/C14H19NO3.BrH/c16-12-7-5-9-10(14(12)18)4-6-11(13(9)17)15-8-2-1-3-8;/h5,7-8,11,13,15-18H,1-4,6H2;1H. The molecule has 2 aliphatic carbocycles. The van der Waals surface area contributed by atoms with Gasteiger partial charge in [-0.25, -0.2) is 0 Å². The zero-order valence-electron chi connectivity index (χ0n) is 10.7. The van der Waals surface area contributed by atoms with Crippen molar-refractivity contribution in [3.05, 3.63) is 23.3 Å². The van der Waals surface area contributed by atoms with Gasteiger partial charge in [0.2, 0.25) is 0 Å². The van der Waals surface area contributed by atoms with Crippen LogP contribution < -0.4 is 5.32 Å². The van der Waals surface area contributed by atoms with E-state index in [2.05, 4.69) is 5.32 Å². The lowest BCUT2D eigenvalue weighted by molar-refractivity contribution is 0.0984. The van der Waals surface area contributed by atoms with Gasteiger partial charge in [0.25, 0.3) is 0 Å². The largest absolute Gasteiger partial charge is 0.504 e. The minimum atomic E-state index is -0.596. The molecule has 1 aromatic carbocycles. The lowest BCUT2D eigenvalue weighted by Crippen LogP contribution is -2.46. The van der Waals surface area contributed by atoms with Crippen LogP contribution >= 0.6 is 17.0 Å². The molecule has 3 rings (SSSR count). The van der Waals surface area contributed by atoms with Gasteiger partial charge in [0.05, 0.1) is 6.10 Å². The lowest BCUT2D eigenvalue weighted by Gasteiger charge is -2.37. The Morgan fingerprint density at radius 2 is 1.84 bits per heavy atom. The molecule has 0 radical (unpaired) electrons. The van der Waals surface area contributed by atoms with Crippen molar-refractivity contribution in [2.24, 2.45) is 0 Å². The van der Waals surface area contributed by atoms with E-state index in [-0.39, 0.29) is 34.5 Å². The van der Waals surface area contributed by atoms with Crippen LogP contribution in [0.15, 0.2) is 12.1 Å². The van der Waals surface area contributed by atoms with E-state index in [0.717, 1.165) is 12.0 Å². The van der Waals surface area contributed by atoms with Gasteiger partial charge in [-0.1, -0.05) is 12.5 Å². The molecule has 2 atom stereocenters. The summed E-state index contributed by atoms with van der Waals surface area (Å²) in [6.45, 7) is 0. The summed E-state index contributed by atoms with van der Waals surface area (Å²) in [6.07, 6.45) is 4.54. The summed E-state index contributed by atoms with van der Waals surface area (Å²) in [5, 5.41) is 33.1. The number of hydrogen-bond donors (Lipinski definition) is 4. The lowest BCUT2D eigenvalue weighted by atomic mass is 9.83. The van der Waals surface area contributed by atoms with Crippen molar-refractivity contribution < 1.29 is 15.3 Å². The average Bonchev–Trinajstić information content (AvgIpc) is 2.31. The minimum absolute atomic E-state index is 0. The Hall–Kier alpha value is -0.780. The van der Waals surface area contributed by atoms with Gasteiger partial charge in [-0.15, -0.1) is 17.0 Å². The fourth-order valence-electron chi connectivity index (χ4n) is 2.91. The Bertz CT molecular complexity index is 462. The van der Waals surface area contributed by atoms with Gasteiger partial charge in [0.15, 0.2) is 11.5 Å². The fraction of sp³-hybridized carbons (Fsp3) is 0.571. The van der Waals surface area contributed by atoms with Crippen molar-refractivity contribution in [3.63, 3.8) is 0 Å². The molecule has 0 aliphatic heterocycles. The number of phenolic OH excluding ortho intramolecular Hbond substituents is 2. The first kappa shape index (κ1) is 14.6. The molecular weight excluding hydrogens is 310 g/mol. The molecule has 4 nitrogen and oxygen atoms in total. The third-order valence-corrected chi connectivity index (χ3v) is 4.26. The van der Waals surface area contributed by atoms with E-state index < -0.39 is 6.10 Å². The summed E-state index contributed by atoms with van der Waals surface area (Å²) in [4.78, 5) is 0. The van der Waals surface area contributed by atoms with Crippen LogP contribution in [-0.4, -0.2) is 27.4 Å². The van der Waals surface area contributed by atoms with E-state index in [1.807, 2.05) is 0 Å². The van der Waals surface area contributed by atoms with Crippen molar-refractivity contribution in [1.29, 1.82) is 0 Å². The van der Waals surface area contributed by atoms with E-state index in [0.29, 0.717) is 18.0 Å². The number of fused-ring (bicyclic) bond motifs is 1. The van der Waals surface area contributed by atoms with Gasteiger partial charge < -0.3 is 20.6 Å². The fourth-order valence-corrected chi connectivity index (χ4v) is 2.91. The maximum atomic E-state index is 10.3. The topological polar surface area (TPSA) is 72.7 Å². The van der Waals surface area contributed by atoms with Crippen molar-refractivity contribution in [2.75, 3.05) is 0 Å². The molecule has 5 heteroatoms. The molecule has 19 heavy (non-hydrogen) atoms. The summed E-state index contributed by atoms with van der Waals surface area (Å²) >= 11 is 0. The molecule has 106 valence electrons. The molecule has 0 bridgehead atoms. The predicted octanol–water partition coefficient (Wildman–Crippen LogP) is 2.17. The molecule has 0 amide bonds. The first-order valence-electron chi connectivity index (χ1n) is 6.64. The first-order chi connectivity index (χ1) is 8.66. The number of aliphatic hydroxyl groups is 1. The smallest absolute Gasteiger partial charge is 0.161 e. The van der Waals surface area contributed by atoms with Crippen molar-refractivity contribution >= 4 is 17.0 Å². The zero-order chi connectivity index (χ0) is 12.7. The molecule has 0 heterocycles. The van der Waals surface area contributed by atoms with Gasteiger partial charge in [-0.2, -0.15) is 0 Å². The molecule has 0 saturated heterocycles. The van der Waals surface area contributed by atoms with Crippen LogP contribution in [0.3, 0.4) is 0 Å². The summed E-state index contributed by atoms with van der Waals surface area (Å²) in [5.74, 6) is -0.181. The quantitative estimate of drug-likeness (QED) is 0.627. The molecule has 2 aliphatic rings. The molecule has 2 unspecified atom stereocenters. The number of rotatable bonds is 2. The second-order valence-electron chi connectivity index (χ2n) is 5.39. The van der Waals surface area contributed by atoms with Crippen LogP contribution in [0.2, 0.25) is 0 Å². The molecule has 4 N–H and O–H groups in total. The SMILES string of the molecule is Br.Oc1ccc2c(c1O)CCC(NC1CCC1)C2O. The second kappa shape index (κ2) is 5.69.